The molecule has 1 atom stereocenters. The van der Waals surface area contributed by atoms with Gasteiger partial charge in [0.1, 0.15) is 0 Å². The van der Waals surface area contributed by atoms with E-state index in [2.05, 4.69) is 20.5 Å². The molecule has 1 aromatic rings. The molecule has 3 rings (SSSR count). The van der Waals surface area contributed by atoms with Crippen LogP contribution in [0.3, 0.4) is 0 Å². The first kappa shape index (κ1) is 9.21. The number of aromatic nitrogens is 3. The Morgan fingerprint density at radius 3 is 3.00 bits per heavy atom. The number of nitrogens with zero attached hydrogens (tertiary/aromatic N) is 3. The van der Waals surface area contributed by atoms with E-state index in [4.69, 9.17) is 0 Å². The fourth-order valence-electron chi connectivity index (χ4n) is 2.17. The van der Waals surface area contributed by atoms with E-state index in [0.717, 1.165) is 24.5 Å². The lowest BCUT2D eigenvalue weighted by Gasteiger charge is -2.08. The van der Waals surface area contributed by atoms with E-state index in [9.17, 15) is 0 Å². The van der Waals surface area contributed by atoms with Crippen LogP contribution in [0.25, 0.3) is 0 Å². The molecule has 2 fully saturated rings. The third-order valence-corrected chi connectivity index (χ3v) is 3.21. The van der Waals surface area contributed by atoms with Crippen LogP contribution in [0.15, 0.2) is 6.20 Å². The van der Waals surface area contributed by atoms with Crippen LogP contribution in [-0.4, -0.2) is 27.8 Å². The smallest absolute Gasteiger partial charge is 0.152 e. The Labute approximate surface area is 89.5 Å². The molecule has 0 amide bonds. The summed E-state index contributed by atoms with van der Waals surface area (Å²) in [6, 6.07) is 0.571. The second kappa shape index (κ2) is 3.85. The van der Waals surface area contributed by atoms with Crippen molar-refractivity contribution in [3.8, 4) is 0 Å². The normalized spacial score (nSPS) is 25.7. The summed E-state index contributed by atoms with van der Waals surface area (Å²) in [5.74, 6) is 1.59. The fourth-order valence-corrected chi connectivity index (χ4v) is 2.17. The molecule has 0 aromatic carbocycles. The first-order valence-corrected chi connectivity index (χ1v) is 5.84. The molecule has 2 aliphatic rings. The zero-order chi connectivity index (χ0) is 10.1. The SMILES string of the molecule is c1nnc(CC2CCCN2)nc1C1CC1. The van der Waals surface area contributed by atoms with Crippen molar-refractivity contribution < 1.29 is 0 Å². The summed E-state index contributed by atoms with van der Waals surface area (Å²) in [5.41, 5.74) is 1.15. The quantitative estimate of drug-likeness (QED) is 0.799. The number of hydrogen-bond donors (Lipinski definition) is 1. The summed E-state index contributed by atoms with van der Waals surface area (Å²) in [4.78, 5) is 4.58. The van der Waals surface area contributed by atoms with Crippen LogP contribution in [0.1, 0.15) is 43.1 Å². The Morgan fingerprint density at radius 2 is 2.27 bits per heavy atom. The minimum absolute atomic E-state index is 0.571. The zero-order valence-corrected chi connectivity index (χ0v) is 8.82. The van der Waals surface area contributed by atoms with Gasteiger partial charge in [0.2, 0.25) is 0 Å². The maximum Gasteiger partial charge on any atom is 0.152 e. The number of nitrogens with one attached hydrogen (secondary N) is 1. The van der Waals surface area contributed by atoms with E-state index in [1.807, 2.05) is 6.20 Å². The second-order valence-corrected chi connectivity index (χ2v) is 4.57. The van der Waals surface area contributed by atoms with Crippen LogP contribution in [0, 0.1) is 0 Å². The molecule has 80 valence electrons. The van der Waals surface area contributed by atoms with Crippen LogP contribution in [0.5, 0.6) is 0 Å². The molecule has 0 radical (unpaired) electrons. The third-order valence-electron chi connectivity index (χ3n) is 3.21. The van der Waals surface area contributed by atoms with Crippen molar-refractivity contribution >= 4 is 0 Å². The Balaban J connectivity index is 1.70. The van der Waals surface area contributed by atoms with Crippen LogP contribution >= 0.6 is 0 Å². The van der Waals surface area contributed by atoms with E-state index in [1.165, 1.54) is 25.7 Å². The van der Waals surface area contributed by atoms with Gasteiger partial charge in [-0.15, -0.1) is 5.10 Å². The van der Waals surface area contributed by atoms with Crippen molar-refractivity contribution in [3.63, 3.8) is 0 Å². The minimum Gasteiger partial charge on any atom is -0.314 e. The van der Waals surface area contributed by atoms with E-state index >= 15 is 0 Å². The van der Waals surface area contributed by atoms with Crippen LogP contribution in [0.2, 0.25) is 0 Å². The van der Waals surface area contributed by atoms with Gasteiger partial charge in [-0.3, -0.25) is 0 Å². The van der Waals surface area contributed by atoms with Gasteiger partial charge >= 0.3 is 0 Å². The standard InChI is InChI=1S/C11H16N4/c1-2-9(12-5-1)6-11-14-10(7-13-15-11)8-3-4-8/h7-9,12H,1-6H2. The van der Waals surface area contributed by atoms with Crippen molar-refractivity contribution in [2.45, 2.75) is 44.1 Å². The Hall–Kier alpha value is -1.03. The predicted molar refractivity (Wildman–Crippen MR) is 56.5 cm³/mol. The van der Waals surface area contributed by atoms with Crippen molar-refractivity contribution in [2.24, 2.45) is 0 Å². The Morgan fingerprint density at radius 1 is 1.33 bits per heavy atom. The van der Waals surface area contributed by atoms with Gasteiger partial charge in [-0.05, 0) is 32.2 Å². The van der Waals surface area contributed by atoms with Gasteiger partial charge in [-0.1, -0.05) is 0 Å². The van der Waals surface area contributed by atoms with Gasteiger partial charge in [0.05, 0.1) is 11.9 Å². The van der Waals surface area contributed by atoms with Crippen molar-refractivity contribution in [3.05, 3.63) is 17.7 Å². The lowest BCUT2D eigenvalue weighted by molar-refractivity contribution is 0.576. The monoisotopic (exact) mass is 204 g/mol. The lowest BCUT2D eigenvalue weighted by Crippen LogP contribution is -2.25. The predicted octanol–water partition coefficient (Wildman–Crippen LogP) is 1.04. The molecule has 2 heterocycles. The molecule has 1 saturated carbocycles. The highest BCUT2D eigenvalue weighted by Crippen LogP contribution is 2.38. The molecule has 0 spiro atoms. The van der Waals surface area contributed by atoms with Gasteiger partial charge in [0.15, 0.2) is 5.82 Å². The average Bonchev–Trinajstić information content (AvgIpc) is 3.00. The van der Waals surface area contributed by atoms with Crippen LogP contribution < -0.4 is 5.32 Å². The summed E-state index contributed by atoms with van der Waals surface area (Å²) in [6.45, 7) is 1.14. The molecule has 1 aliphatic heterocycles. The van der Waals surface area contributed by atoms with Crippen LogP contribution in [0.4, 0.5) is 0 Å². The molecular formula is C11H16N4. The molecule has 1 unspecified atom stereocenters. The maximum absolute atomic E-state index is 4.58. The van der Waals surface area contributed by atoms with Gasteiger partial charge in [0.25, 0.3) is 0 Å². The topological polar surface area (TPSA) is 50.7 Å². The fraction of sp³-hybridized carbons (Fsp3) is 0.727. The van der Waals surface area contributed by atoms with Crippen molar-refractivity contribution in [1.82, 2.24) is 20.5 Å². The molecule has 1 aliphatic carbocycles. The van der Waals surface area contributed by atoms with Crippen molar-refractivity contribution in [2.75, 3.05) is 6.54 Å². The molecule has 0 bridgehead atoms. The van der Waals surface area contributed by atoms with Gasteiger partial charge in [-0.25, -0.2) is 4.98 Å². The first-order valence-electron chi connectivity index (χ1n) is 5.84. The highest BCUT2D eigenvalue weighted by Gasteiger charge is 2.26. The molecule has 4 heteroatoms. The molecular weight excluding hydrogens is 188 g/mol. The Kier molecular flexibility index (Phi) is 2.37. The van der Waals surface area contributed by atoms with Crippen molar-refractivity contribution in [1.29, 1.82) is 0 Å². The van der Waals surface area contributed by atoms with Gasteiger partial charge < -0.3 is 5.32 Å². The largest absolute Gasteiger partial charge is 0.314 e. The molecule has 1 saturated heterocycles. The highest BCUT2D eigenvalue weighted by molar-refractivity contribution is 5.11. The molecule has 4 nitrogen and oxygen atoms in total. The third kappa shape index (κ3) is 2.15. The lowest BCUT2D eigenvalue weighted by atomic mass is 10.1. The summed E-state index contributed by atoms with van der Waals surface area (Å²) in [5, 5.41) is 11.6. The number of hydrogen-bond acceptors (Lipinski definition) is 4. The van der Waals surface area contributed by atoms with Gasteiger partial charge in [-0.2, -0.15) is 5.10 Å². The summed E-state index contributed by atoms with van der Waals surface area (Å²) < 4.78 is 0. The average molecular weight is 204 g/mol. The highest BCUT2D eigenvalue weighted by atomic mass is 15.1. The van der Waals surface area contributed by atoms with E-state index in [1.54, 1.807) is 0 Å². The molecule has 1 aromatic heterocycles. The minimum atomic E-state index is 0.571. The van der Waals surface area contributed by atoms with Crippen LogP contribution in [-0.2, 0) is 6.42 Å². The summed E-state index contributed by atoms with van der Waals surface area (Å²) >= 11 is 0. The zero-order valence-electron chi connectivity index (χ0n) is 8.82. The Bertz CT molecular complexity index is 342. The summed E-state index contributed by atoms with van der Waals surface area (Å²) in [7, 11) is 0. The van der Waals surface area contributed by atoms with Gasteiger partial charge in [0, 0.05) is 18.4 Å². The molecule has 15 heavy (non-hydrogen) atoms. The second-order valence-electron chi connectivity index (χ2n) is 4.57. The van der Waals surface area contributed by atoms with E-state index < -0.39 is 0 Å². The molecule has 1 N–H and O–H groups in total. The first-order chi connectivity index (χ1) is 7.42. The number of rotatable bonds is 3. The van der Waals surface area contributed by atoms with E-state index in [-0.39, 0.29) is 0 Å². The summed E-state index contributed by atoms with van der Waals surface area (Å²) in [6.07, 6.45) is 7.84. The van der Waals surface area contributed by atoms with E-state index in [0.29, 0.717) is 12.0 Å². The maximum atomic E-state index is 4.58.